The fourth-order valence-electron chi connectivity index (χ4n) is 3.69. The van der Waals surface area contributed by atoms with E-state index in [9.17, 15) is 34.2 Å². The fraction of sp³-hybridized carbons (Fsp3) is 0.520. The van der Waals surface area contributed by atoms with Crippen LogP contribution in [0.25, 0.3) is 0 Å². The van der Waals surface area contributed by atoms with Gasteiger partial charge in [0, 0.05) is 6.54 Å². The van der Waals surface area contributed by atoms with Gasteiger partial charge in [0.25, 0.3) is 0 Å². The first-order valence-corrected chi connectivity index (χ1v) is 12.8. The molecular formula is C25H40N8O7. The van der Waals surface area contributed by atoms with Gasteiger partial charge in [0.15, 0.2) is 5.96 Å². The summed E-state index contributed by atoms with van der Waals surface area (Å²) in [6, 6.07) is 3.85. The number of amides is 3. The molecule has 0 fully saturated rings. The summed E-state index contributed by atoms with van der Waals surface area (Å²) in [5, 5.41) is 25.9. The van der Waals surface area contributed by atoms with Gasteiger partial charge < -0.3 is 49.1 Å². The monoisotopic (exact) mass is 564 g/mol. The van der Waals surface area contributed by atoms with Gasteiger partial charge in [0.1, 0.15) is 18.1 Å². The van der Waals surface area contributed by atoms with Gasteiger partial charge in [-0.3, -0.25) is 24.2 Å². The average molecular weight is 565 g/mol. The molecule has 0 saturated carbocycles. The number of benzene rings is 1. The smallest absolute Gasteiger partial charge is 0.326 e. The standard InChI is InChI=1S/C25H40N8O7/c26-11-5-4-9-18(24(39)40)32-23(38)19(14-20(34)35)33-22(37)17(10-6-12-30-25(28)29)31-21(36)16(27)13-15-7-2-1-3-8-15/h1-3,7-8,16-19H,4-6,9-14,26-27H2,(H,31,36)(H,32,38)(H,33,37)(H,34,35)(H,39,40)(H4,28,29,30). The number of carbonyl (C=O) groups is 5. The number of hydrogen-bond donors (Lipinski definition) is 9. The number of nitrogens with zero attached hydrogens (tertiary/aromatic N) is 1. The zero-order valence-electron chi connectivity index (χ0n) is 22.3. The molecule has 15 nitrogen and oxygen atoms in total. The second kappa shape index (κ2) is 18.1. The number of aliphatic carboxylic acids is 2. The van der Waals surface area contributed by atoms with Gasteiger partial charge in [0.2, 0.25) is 17.7 Å². The Morgan fingerprint density at radius 1 is 0.800 bits per heavy atom. The van der Waals surface area contributed by atoms with Crippen LogP contribution >= 0.6 is 0 Å². The van der Waals surface area contributed by atoms with E-state index in [1.165, 1.54) is 0 Å². The van der Waals surface area contributed by atoms with Crippen molar-refractivity contribution in [1.82, 2.24) is 16.0 Å². The Morgan fingerprint density at radius 3 is 1.95 bits per heavy atom. The number of aliphatic imine (C=N–C) groups is 1. The molecule has 0 heterocycles. The Morgan fingerprint density at radius 2 is 1.38 bits per heavy atom. The van der Waals surface area contributed by atoms with Crippen molar-refractivity contribution in [3.8, 4) is 0 Å². The summed E-state index contributed by atoms with van der Waals surface area (Å²) >= 11 is 0. The summed E-state index contributed by atoms with van der Waals surface area (Å²) in [7, 11) is 0. The van der Waals surface area contributed by atoms with E-state index < -0.39 is 60.2 Å². The van der Waals surface area contributed by atoms with Gasteiger partial charge in [-0.2, -0.15) is 0 Å². The minimum atomic E-state index is -1.61. The Labute approximate surface area is 232 Å². The molecule has 0 aliphatic carbocycles. The molecule has 0 spiro atoms. The van der Waals surface area contributed by atoms with Crippen LogP contribution in [-0.2, 0) is 30.4 Å². The largest absolute Gasteiger partial charge is 0.481 e. The number of guanidine groups is 1. The van der Waals surface area contributed by atoms with Crippen LogP contribution < -0.4 is 38.9 Å². The maximum absolute atomic E-state index is 13.2. The molecule has 0 aliphatic rings. The second-order valence-corrected chi connectivity index (χ2v) is 9.15. The second-order valence-electron chi connectivity index (χ2n) is 9.15. The molecule has 0 bridgehead atoms. The zero-order valence-corrected chi connectivity index (χ0v) is 22.3. The van der Waals surface area contributed by atoms with Gasteiger partial charge in [-0.1, -0.05) is 30.3 Å². The topological polar surface area (TPSA) is 278 Å². The fourth-order valence-corrected chi connectivity index (χ4v) is 3.69. The normalized spacial score (nSPS) is 13.7. The molecule has 15 heteroatoms. The maximum Gasteiger partial charge on any atom is 0.326 e. The molecule has 3 amide bonds. The lowest BCUT2D eigenvalue weighted by Gasteiger charge is -2.24. The van der Waals surface area contributed by atoms with Crippen molar-refractivity contribution >= 4 is 35.6 Å². The highest BCUT2D eigenvalue weighted by Crippen LogP contribution is 2.07. The van der Waals surface area contributed by atoms with Crippen molar-refractivity contribution in [2.75, 3.05) is 13.1 Å². The van der Waals surface area contributed by atoms with Crippen LogP contribution in [0.1, 0.15) is 44.1 Å². The predicted molar refractivity (Wildman–Crippen MR) is 147 cm³/mol. The van der Waals surface area contributed by atoms with Crippen LogP contribution in [0.3, 0.4) is 0 Å². The maximum atomic E-state index is 13.2. The zero-order chi connectivity index (χ0) is 30.1. The third-order valence-corrected chi connectivity index (χ3v) is 5.79. The molecule has 0 aromatic heterocycles. The van der Waals surface area contributed by atoms with Crippen LogP contribution in [-0.4, -0.2) is 83.1 Å². The molecule has 0 saturated heterocycles. The first-order chi connectivity index (χ1) is 18.9. The summed E-state index contributed by atoms with van der Waals surface area (Å²) in [6.07, 6.45) is 0.662. The van der Waals surface area contributed by atoms with Crippen molar-refractivity contribution in [3.05, 3.63) is 35.9 Å². The van der Waals surface area contributed by atoms with Crippen LogP contribution in [0.15, 0.2) is 35.3 Å². The number of rotatable bonds is 19. The Bertz CT molecular complexity index is 1020. The lowest BCUT2D eigenvalue weighted by atomic mass is 10.0. The van der Waals surface area contributed by atoms with Gasteiger partial charge in [-0.15, -0.1) is 0 Å². The van der Waals surface area contributed by atoms with Crippen LogP contribution in [0.4, 0.5) is 0 Å². The molecule has 4 atom stereocenters. The van der Waals surface area contributed by atoms with Crippen molar-refractivity contribution in [3.63, 3.8) is 0 Å². The van der Waals surface area contributed by atoms with Gasteiger partial charge >= 0.3 is 11.9 Å². The summed E-state index contributed by atoms with van der Waals surface area (Å²) in [5.74, 6) is -5.39. The lowest BCUT2D eigenvalue weighted by Crippen LogP contribution is -2.57. The van der Waals surface area contributed by atoms with E-state index in [-0.39, 0.29) is 38.2 Å². The van der Waals surface area contributed by atoms with Gasteiger partial charge in [-0.05, 0) is 50.6 Å². The van der Waals surface area contributed by atoms with E-state index in [1.54, 1.807) is 24.3 Å². The van der Waals surface area contributed by atoms with E-state index >= 15 is 0 Å². The molecular weight excluding hydrogens is 524 g/mol. The Balaban J connectivity index is 3.01. The summed E-state index contributed by atoms with van der Waals surface area (Å²) < 4.78 is 0. The van der Waals surface area contributed by atoms with E-state index in [0.717, 1.165) is 5.56 Å². The third-order valence-electron chi connectivity index (χ3n) is 5.79. The molecule has 40 heavy (non-hydrogen) atoms. The molecule has 0 aliphatic heterocycles. The summed E-state index contributed by atoms with van der Waals surface area (Å²) in [4.78, 5) is 65.6. The Kier molecular flexibility index (Phi) is 15.3. The molecule has 13 N–H and O–H groups in total. The van der Waals surface area contributed by atoms with Gasteiger partial charge in [-0.25, -0.2) is 4.79 Å². The number of carbonyl (C=O) groups excluding carboxylic acids is 3. The van der Waals surface area contributed by atoms with Crippen molar-refractivity contribution in [2.45, 2.75) is 69.1 Å². The first-order valence-electron chi connectivity index (χ1n) is 12.8. The van der Waals surface area contributed by atoms with Crippen molar-refractivity contribution in [2.24, 2.45) is 27.9 Å². The molecule has 0 radical (unpaired) electrons. The van der Waals surface area contributed by atoms with Crippen molar-refractivity contribution in [1.29, 1.82) is 0 Å². The van der Waals surface area contributed by atoms with Crippen molar-refractivity contribution < 1.29 is 34.2 Å². The highest BCUT2D eigenvalue weighted by molar-refractivity contribution is 5.95. The molecule has 1 rings (SSSR count). The number of carboxylic acid groups (broad SMARTS) is 2. The third kappa shape index (κ3) is 13.5. The van der Waals surface area contributed by atoms with E-state index in [2.05, 4.69) is 20.9 Å². The average Bonchev–Trinajstić information content (AvgIpc) is 2.89. The lowest BCUT2D eigenvalue weighted by molar-refractivity contribution is -0.143. The first kappa shape index (κ1) is 33.8. The highest BCUT2D eigenvalue weighted by atomic mass is 16.4. The van der Waals surface area contributed by atoms with Crippen LogP contribution in [0.5, 0.6) is 0 Å². The minimum Gasteiger partial charge on any atom is -0.481 e. The number of nitrogens with one attached hydrogen (secondary N) is 3. The highest BCUT2D eigenvalue weighted by Gasteiger charge is 2.31. The molecule has 1 aromatic rings. The predicted octanol–water partition coefficient (Wildman–Crippen LogP) is -2.25. The number of nitrogens with two attached hydrogens (primary N) is 4. The van der Waals surface area contributed by atoms with Crippen LogP contribution in [0.2, 0.25) is 0 Å². The van der Waals surface area contributed by atoms with E-state index in [0.29, 0.717) is 19.4 Å². The van der Waals surface area contributed by atoms with Crippen LogP contribution in [0, 0.1) is 0 Å². The quantitative estimate of drug-likeness (QED) is 0.0491. The van der Waals surface area contributed by atoms with Gasteiger partial charge in [0.05, 0.1) is 12.5 Å². The van der Waals surface area contributed by atoms with E-state index in [4.69, 9.17) is 22.9 Å². The van der Waals surface area contributed by atoms with E-state index in [1.807, 2.05) is 6.07 Å². The molecule has 1 aromatic carbocycles. The SMILES string of the molecule is NCCCCC(NC(=O)C(CC(=O)O)NC(=O)C(CCCN=C(N)N)NC(=O)C(N)Cc1ccccc1)C(=O)O. The molecule has 222 valence electrons. The number of carboxylic acids is 2. The minimum absolute atomic E-state index is 0.0324. The number of unbranched alkanes of at least 4 members (excludes halogenated alkanes) is 1. The number of hydrogen-bond acceptors (Lipinski definition) is 8. The summed E-state index contributed by atoms with van der Waals surface area (Å²) in [5.41, 5.74) is 22.9. The summed E-state index contributed by atoms with van der Waals surface area (Å²) in [6.45, 7) is 0.476. The Hall–Kier alpha value is -4.24. The molecule has 4 unspecified atom stereocenters.